The third kappa shape index (κ3) is 5.41. The molecule has 0 radical (unpaired) electrons. The Morgan fingerprint density at radius 2 is 2.20 bits per heavy atom. The lowest BCUT2D eigenvalue weighted by Gasteiger charge is -2.05. The zero-order valence-electron chi connectivity index (χ0n) is 8.40. The lowest BCUT2D eigenvalue weighted by Crippen LogP contribution is -2.17. The van der Waals surface area contributed by atoms with Crippen molar-refractivity contribution in [2.45, 2.75) is 32.5 Å². The van der Waals surface area contributed by atoms with Crippen LogP contribution in [0, 0.1) is 6.92 Å². The molecular weight excluding hydrogens is 209 g/mol. The average molecular weight is 222 g/mol. The van der Waals surface area contributed by atoms with Crippen molar-refractivity contribution in [2.75, 3.05) is 6.54 Å². The largest absolute Gasteiger partial charge is 0.445 e. The lowest BCUT2D eigenvalue weighted by molar-refractivity contribution is -0.135. The maximum atomic E-state index is 11.8. The van der Waals surface area contributed by atoms with Crippen LogP contribution in [0.25, 0.3) is 0 Å². The topological polar surface area (TPSA) is 38.1 Å². The molecule has 1 aromatic heterocycles. The number of hydrogen-bond donors (Lipinski definition) is 1. The van der Waals surface area contributed by atoms with E-state index in [2.05, 4.69) is 10.3 Å². The first kappa shape index (κ1) is 12.0. The maximum Gasteiger partial charge on any atom is 0.389 e. The molecule has 0 atom stereocenters. The summed E-state index contributed by atoms with van der Waals surface area (Å²) in [5.41, 5.74) is 0. The van der Waals surface area contributed by atoms with Crippen molar-refractivity contribution in [3.05, 3.63) is 17.8 Å². The Kier molecular flexibility index (Phi) is 4.14. The summed E-state index contributed by atoms with van der Waals surface area (Å²) in [5.74, 6) is 1.20. The highest BCUT2D eigenvalue weighted by atomic mass is 19.4. The summed E-state index contributed by atoms with van der Waals surface area (Å²) in [5, 5.41) is 2.83. The summed E-state index contributed by atoms with van der Waals surface area (Å²) >= 11 is 0. The van der Waals surface area contributed by atoms with Gasteiger partial charge in [-0.2, -0.15) is 13.2 Å². The van der Waals surface area contributed by atoms with Crippen LogP contribution in [0.15, 0.2) is 10.6 Å². The number of rotatable bonds is 5. The third-order valence-electron chi connectivity index (χ3n) is 1.76. The summed E-state index contributed by atoms with van der Waals surface area (Å²) in [7, 11) is 0. The van der Waals surface area contributed by atoms with Gasteiger partial charge < -0.3 is 9.73 Å². The molecule has 0 aliphatic rings. The summed E-state index contributed by atoms with van der Waals surface area (Å²) in [6.45, 7) is 2.44. The molecule has 15 heavy (non-hydrogen) atoms. The second kappa shape index (κ2) is 5.16. The number of nitrogens with zero attached hydrogens (tertiary/aromatic N) is 1. The number of nitrogens with one attached hydrogen (secondary N) is 1. The van der Waals surface area contributed by atoms with E-state index in [-0.39, 0.29) is 6.42 Å². The Labute approximate surface area is 85.7 Å². The van der Waals surface area contributed by atoms with Crippen molar-refractivity contribution in [2.24, 2.45) is 0 Å². The molecule has 1 heterocycles. The van der Waals surface area contributed by atoms with Crippen molar-refractivity contribution in [1.29, 1.82) is 0 Å². The highest BCUT2D eigenvalue weighted by molar-refractivity contribution is 4.90. The van der Waals surface area contributed by atoms with Gasteiger partial charge in [-0.1, -0.05) is 0 Å². The van der Waals surface area contributed by atoms with Gasteiger partial charge in [-0.25, -0.2) is 4.98 Å². The van der Waals surface area contributed by atoms with Crippen LogP contribution in [0.4, 0.5) is 13.2 Å². The SMILES string of the molecule is Cc1cnc(CNCCCC(F)(F)F)o1. The minimum absolute atomic E-state index is 0.0726. The fourth-order valence-corrected chi connectivity index (χ4v) is 1.09. The molecule has 0 fully saturated rings. The lowest BCUT2D eigenvalue weighted by atomic mass is 10.3. The van der Waals surface area contributed by atoms with Gasteiger partial charge in [-0.3, -0.25) is 0 Å². The molecule has 0 aliphatic heterocycles. The second-order valence-corrected chi connectivity index (χ2v) is 3.26. The van der Waals surface area contributed by atoms with Crippen LogP contribution in [0.1, 0.15) is 24.5 Å². The maximum absolute atomic E-state index is 11.8. The molecule has 0 aromatic carbocycles. The van der Waals surface area contributed by atoms with Crippen LogP contribution in [-0.2, 0) is 6.54 Å². The fourth-order valence-electron chi connectivity index (χ4n) is 1.09. The normalized spacial score (nSPS) is 12.0. The van der Waals surface area contributed by atoms with Gasteiger partial charge in [-0.05, 0) is 19.9 Å². The Morgan fingerprint density at radius 1 is 1.47 bits per heavy atom. The minimum Gasteiger partial charge on any atom is -0.445 e. The standard InChI is InChI=1S/C9H13F3N2O/c1-7-5-14-8(15-7)6-13-4-2-3-9(10,11)12/h5,13H,2-4,6H2,1H3. The average Bonchev–Trinajstić information content (AvgIpc) is 2.49. The van der Waals surface area contributed by atoms with Crippen molar-refractivity contribution in [3.63, 3.8) is 0 Å². The fraction of sp³-hybridized carbons (Fsp3) is 0.667. The van der Waals surface area contributed by atoms with Gasteiger partial charge in [0.15, 0.2) is 0 Å². The molecule has 3 nitrogen and oxygen atoms in total. The first-order valence-electron chi connectivity index (χ1n) is 4.66. The molecule has 0 amide bonds. The van der Waals surface area contributed by atoms with Crippen molar-refractivity contribution in [3.8, 4) is 0 Å². The molecular formula is C9H13F3N2O. The molecule has 0 saturated carbocycles. The Morgan fingerprint density at radius 3 is 2.73 bits per heavy atom. The number of aromatic nitrogens is 1. The molecule has 0 unspecified atom stereocenters. The van der Waals surface area contributed by atoms with E-state index in [0.717, 1.165) is 0 Å². The molecule has 1 aromatic rings. The van der Waals surface area contributed by atoms with Gasteiger partial charge in [0.05, 0.1) is 12.7 Å². The quantitative estimate of drug-likeness (QED) is 0.777. The van der Waals surface area contributed by atoms with Crippen LogP contribution in [0.2, 0.25) is 0 Å². The van der Waals surface area contributed by atoms with E-state index in [9.17, 15) is 13.2 Å². The number of hydrogen-bond acceptors (Lipinski definition) is 3. The Balaban J connectivity index is 2.07. The van der Waals surface area contributed by atoms with Crippen LogP contribution in [-0.4, -0.2) is 17.7 Å². The summed E-state index contributed by atoms with van der Waals surface area (Å²) in [6, 6.07) is 0. The number of oxazole rings is 1. The van der Waals surface area contributed by atoms with Crippen LogP contribution >= 0.6 is 0 Å². The van der Waals surface area contributed by atoms with Gasteiger partial charge in [0.25, 0.3) is 0 Å². The van der Waals surface area contributed by atoms with E-state index in [0.29, 0.717) is 24.7 Å². The van der Waals surface area contributed by atoms with E-state index < -0.39 is 12.6 Å². The molecule has 1 N–H and O–H groups in total. The Bertz CT molecular complexity index is 296. The molecule has 1 rings (SSSR count). The van der Waals surface area contributed by atoms with Gasteiger partial charge in [-0.15, -0.1) is 0 Å². The summed E-state index contributed by atoms with van der Waals surface area (Å²) in [4.78, 5) is 3.91. The van der Waals surface area contributed by atoms with Crippen molar-refractivity contribution in [1.82, 2.24) is 10.3 Å². The highest BCUT2D eigenvalue weighted by Gasteiger charge is 2.25. The molecule has 0 aliphatic carbocycles. The highest BCUT2D eigenvalue weighted by Crippen LogP contribution is 2.20. The van der Waals surface area contributed by atoms with Crippen LogP contribution in [0.5, 0.6) is 0 Å². The minimum atomic E-state index is -4.07. The van der Waals surface area contributed by atoms with Gasteiger partial charge in [0.1, 0.15) is 5.76 Å². The first-order chi connectivity index (χ1) is 6.97. The van der Waals surface area contributed by atoms with E-state index in [4.69, 9.17) is 4.42 Å². The molecule has 6 heteroatoms. The third-order valence-corrected chi connectivity index (χ3v) is 1.76. The van der Waals surface area contributed by atoms with E-state index >= 15 is 0 Å². The van der Waals surface area contributed by atoms with Crippen LogP contribution < -0.4 is 5.32 Å². The van der Waals surface area contributed by atoms with Gasteiger partial charge in [0.2, 0.25) is 5.89 Å². The molecule has 0 bridgehead atoms. The predicted molar refractivity (Wildman–Crippen MR) is 48.2 cm³/mol. The zero-order chi connectivity index (χ0) is 11.3. The first-order valence-corrected chi connectivity index (χ1v) is 4.66. The van der Waals surface area contributed by atoms with Crippen molar-refractivity contribution < 1.29 is 17.6 Å². The Hall–Kier alpha value is -1.04. The molecule has 0 saturated heterocycles. The van der Waals surface area contributed by atoms with Crippen LogP contribution in [0.3, 0.4) is 0 Å². The number of alkyl halides is 3. The summed E-state index contributed by atoms with van der Waals surface area (Å²) < 4.78 is 40.4. The second-order valence-electron chi connectivity index (χ2n) is 3.26. The van der Waals surface area contributed by atoms with E-state index in [1.54, 1.807) is 13.1 Å². The van der Waals surface area contributed by atoms with E-state index in [1.165, 1.54) is 0 Å². The zero-order valence-corrected chi connectivity index (χ0v) is 8.40. The van der Waals surface area contributed by atoms with E-state index in [1.807, 2.05) is 0 Å². The number of halogens is 3. The van der Waals surface area contributed by atoms with Crippen molar-refractivity contribution >= 4 is 0 Å². The van der Waals surface area contributed by atoms with Gasteiger partial charge in [0, 0.05) is 6.42 Å². The molecule has 86 valence electrons. The monoisotopic (exact) mass is 222 g/mol. The smallest absolute Gasteiger partial charge is 0.389 e. The molecule has 0 spiro atoms. The predicted octanol–water partition coefficient (Wildman–Crippen LogP) is 2.42. The summed E-state index contributed by atoms with van der Waals surface area (Å²) in [6.07, 6.45) is -3.18. The number of aryl methyl sites for hydroxylation is 1. The van der Waals surface area contributed by atoms with Gasteiger partial charge >= 0.3 is 6.18 Å².